The molecule has 3 rings (SSSR count). The molecule has 2 aromatic heterocycles. The summed E-state index contributed by atoms with van der Waals surface area (Å²) in [5.74, 6) is 0.165. The van der Waals surface area contributed by atoms with Crippen molar-refractivity contribution in [2.75, 3.05) is 24.3 Å². The smallest absolute Gasteiger partial charge is 0.287 e. The molecular formula is C21H22N4O3. The Kier molecular flexibility index (Phi) is 6.06. The van der Waals surface area contributed by atoms with Gasteiger partial charge in [-0.2, -0.15) is 0 Å². The molecule has 7 heteroatoms. The molecule has 1 atom stereocenters. The lowest BCUT2D eigenvalue weighted by Gasteiger charge is -2.18. The maximum absolute atomic E-state index is 12.8. The fourth-order valence-electron chi connectivity index (χ4n) is 2.65. The Balaban J connectivity index is 1.74. The molecule has 7 nitrogen and oxygen atoms in total. The summed E-state index contributed by atoms with van der Waals surface area (Å²) in [6.07, 6.45) is 3.35. The number of aromatic nitrogens is 1. The molecule has 0 fully saturated rings. The molecule has 3 aromatic rings. The Bertz CT molecular complexity index is 907. The molecule has 1 aromatic carbocycles. The molecule has 0 radical (unpaired) electrons. The Morgan fingerprint density at radius 3 is 2.46 bits per heavy atom. The molecule has 0 saturated carbocycles. The van der Waals surface area contributed by atoms with Crippen molar-refractivity contribution in [3.63, 3.8) is 0 Å². The lowest BCUT2D eigenvalue weighted by molar-refractivity contribution is -0.118. The number of amides is 2. The van der Waals surface area contributed by atoms with Gasteiger partial charge in [0.25, 0.3) is 5.91 Å². The second-order valence-corrected chi connectivity index (χ2v) is 6.48. The summed E-state index contributed by atoms with van der Waals surface area (Å²) in [7, 11) is 3.78. The molecule has 2 heterocycles. The number of rotatable bonds is 7. The summed E-state index contributed by atoms with van der Waals surface area (Å²) < 4.78 is 5.12. The molecule has 0 bridgehead atoms. The maximum Gasteiger partial charge on any atom is 0.287 e. The zero-order valence-electron chi connectivity index (χ0n) is 15.8. The van der Waals surface area contributed by atoms with E-state index in [-0.39, 0.29) is 11.7 Å². The Morgan fingerprint density at radius 2 is 1.86 bits per heavy atom. The third-order valence-corrected chi connectivity index (χ3v) is 4.12. The third kappa shape index (κ3) is 4.97. The number of pyridine rings is 1. The van der Waals surface area contributed by atoms with E-state index in [1.54, 1.807) is 24.4 Å². The second kappa shape index (κ2) is 8.85. The van der Waals surface area contributed by atoms with Crippen LogP contribution in [-0.4, -0.2) is 36.9 Å². The zero-order valence-corrected chi connectivity index (χ0v) is 15.8. The van der Waals surface area contributed by atoms with Gasteiger partial charge in [-0.3, -0.25) is 9.59 Å². The topological polar surface area (TPSA) is 87.5 Å². The first kappa shape index (κ1) is 19.2. The molecule has 0 aliphatic heterocycles. The second-order valence-electron chi connectivity index (χ2n) is 6.48. The van der Waals surface area contributed by atoms with Crippen LogP contribution in [0.5, 0.6) is 0 Å². The van der Waals surface area contributed by atoms with Crippen molar-refractivity contribution in [3.8, 4) is 0 Å². The summed E-state index contributed by atoms with van der Waals surface area (Å²) in [5.41, 5.74) is 1.49. The number of nitrogens with zero attached hydrogens (tertiary/aromatic N) is 2. The predicted molar refractivity (Wildman–Crippen MR) is 107 cm³/mol. The summed E-state index contributed by atoms with van der Waals surface area (Å²) in [4.78, 5) is 31.4. The molecule has 0 aliphatic carbocycles. The van der Waals surface area contributed by atoms with Gasteiger partial charge in [0.2, 0.25) is 5.91 Å². The highest BCUT2D eigenvalue weighted by Gasteiger charge is 2.23. The summed E-state index contributed by atoms with van der Waals surface area (Å²) in [5, 5.41) is 5.56. The fraction of sp³-hybridized carbons (Fsp3) is 0.190. The van der Waals surface area contributed by atoms with Crippen molar-refractivity contribution >= 4 is 23.3 Å². The Hall–Kier alpha value is -3.61. The minimum absolute atomic E-state index is 0.155. The molecule has 28 heavy (non-hydrogen) atoms. The van der Waals surface area contributed by atoms with E-state index in [9.17, 15) is 9.59 Å². The van der Waals surface area contributed by atoms with Gasteiger partial charge in [0, 0.05) is 20.5 Å². The normalized spacial score (nSPS) is 11.5. The first-order valence-corrected chi connectivity index (χ1v) is 8.85. The fourth-order valence-corrected chi connectivity index (χ4v) is 2.65. The Labute approximate surface area is 163 Å². The summed E-state index contributed by atoms with van der Waals surface area (Å²) >= 11 is 0. The molecule has 0 saturated heterocycles. The number of anilines is 2. The van der Waals surface area contributed by atoms with Crippen LogP contribution < -0.4 is 15.5 Å². The highest BCUT2D eigenvalue weighted by atomic mass is 16.3. The molecule has 0 spiro atoms. The van der Waals surface area contributed by atoms with Crippen LogP contribution in [0.2, 0.25) is 0 Å². The van der Waals surface area contributed by atoms with Crippen LogP contribution >= 0.6 is 0 Å². The standard InChI is InChI=1S/C21H22N4O3/c1-25(2)19-11-10-16(14-22-19)23-20(26)17(13-15-7-4-3-5-8-15)24-21(27)18-9-6-12-28-18/h3-12,14,17H,13H2,1-2H3,(H,23,26)(H,24,27). The van der Waals surface area contributed by atoms with Crippen molar-refractivity contribution in [1.82, 2.24) is 10.3 Å². The number of nitrogens with one attached hydrogen (secondary N) is 2. The number of hydrogen-bond acceptors (Lipinski definition) is 5. The molecule has 144 valence electrons. The first-order chi connectivity index (χ1) is 13.5. The number of carbonyl (C=O) groups is 2. The average molecular weight is 378 g/mol. The van der Waals surface area contributed by atoms with Crippen molar-refractivity contribution in [2.45, 2.75) is 12.5 Å². The third-order valence-electron chi connectivity index (χ3n) is 4.12. The predicted octanol–water partition coefficient (Wildman–Crippen LogP) is 2.72. The van der Waals surface area contributed by atoms with Gasteiger partial charge in [-0.1, -0.05) is 30.3 Å². The van der Waals surface area contributed by atoms with E-state index >= 15 is 0 Å². The van der Waals surface area contributed by atoms with Gasteiger partial charge in [0.15, 0.2) is 5.76 Å². The maximum atomic E-state index is 12.8. The summed E-state index contributed by atoms with van der Waals surface area (Å²) in [6.45, 7) is 0. The van der Waals surface area contributed by atoms with Crippen LogP contribution in [-0.2, 0) is 11.2 Å². The lowest BCUT2D eigenvalue weighted by Crippen LogP contribution is -2.45. The van der Waals surface area contributed by atoms with Crippen LogP contribution in [0.25, 0.3) is 0 Å². The summed E-state index contributed by atoms with van der Waals surface area (Å²) in [6, 6.07) is 15.5. The van der Waals surface area contributed by atoms with E-state index in [1.165, 1.54) is 6.26 Å². The van der Waals surface area contributed by atoms with E-state index < -0.39 is 11.9 Å². The lowest BCUT2D eigenvalue weighted by atomic mass is 10.0. The monoisotopic (exact) mass is 378 g/mol. The van der Waals surface area contributed by atoms with E-state index in [2.05, 4.69) is 15.6 Å². The largest absolute Gasteiger partial charge is 0.459 e. The molecule has 0 aliphatic rings. The van der Waals surface area contributed by atoms with Gasteiger partial charge in [0.1, 0.15) is 11.9 Å². The van der Waals surface area contributed by atoms with Gasteiger partial charge >= 0.3 is 0 Å². The first-order valence-electron chi connectivity index (χ1n) is 8.85. The van der Waals surface area contributed by atoms with Crippen molar-refractivity contribution < 1.29 is 14.0 Å². The van der Waals surface area contributed by atoms with E-state index in [4.69, 9.17) is 4.42 Å². The van der Waals surface area contributed by atoms with Crippen molar-refractivity contribution in [1.29, 1.82) is 0 Å². The van der Waals surface area contributed by atoms with Gasteiger partial charge in [-0.05, 0) is 29.8 Å². The number of hydrogen-bond donors (Lipinski definition) is 2. The molecule has 2 amide bonds. The van der Waals surface area contributed by atoms with Gasteiger partial charge < -0.3 is 20.0 Å². The van der Waals surface area contributed by atoms with Crippen LogP contribution in [0.15, 0.2) is 71.5 Å². The number of furan rings is 1. The van der Waals surface area contributed by atoms with Crippen molar-refractivity contribution in [3.05, 3.63) is 78.4 Å². The van der Waals surface area contributed by atoms with Gasteiger partial charge in [-0.15, -0.1) is 0 Å². The van der Waals surface area contributed by atoms with Crippen molar-refractivity contribution in [2.24, 2.45) is 0 Å². The number of carbonyl (C=O) groups excluding carboxylic acids is 2. The SMILES string of the molecule is CN(C)c1ccc(NC(=O)C(Cc2ccccc2)NC(=O)c2ccco2)cn1. The van der Waals surface area contributed by atoms with Crippen LogP contribution in [0.3, 0.4) is 0 Å². The molecular weight excluding hydrogens is 356 g/mol. The highest BCUT2D eigenvalue weighted by Crippen LogP contribution is 2.13. The van der Waals surface area contributed by atoms with Crippen LogP contribution in [0.1, 0.15) is 16.1 Å². The van der Waals surface area contributed by atoms with Gasteiger partial charge in [0.05, 0.1) is 18.1 Å². The van der Waals surface area contributed by atoms with Gasteiger partial charge in [-0.25, -0.2) is 4.98 Å². The van der Waals surface area contributed by atoms with E-state index in [0.29, 0.717) is 12.1 Å². The Morgan fingerprint density at radius 1 is 1.07 bits per heavy atom. The van der Waals surface area contributed by atoms with Crippen LogP contribution in [0, 0.1) is 0 Å². The molecule has 1 unspecified atom stereocenters. The zero-order chi connectivity index (χ0) is 19.9. The minimum atomic E-state index is -0.770. The van der Waals surface area contributed by atoms with E-state index in [1.807, 2.05) is 55.4 Å². The van der Waals surface area contributed by atoms with Crippen LogP contribution in [0.4, 0.5) is 11.5 Å². The average Bonchev–Trinajstić information content (AvgIpc) is 3.23. The quantitative estimate of drug-likeness (QED) is 0.660. The molecule has 2 N–H and O–H groups in total. The van der Waals surface area contributed by atoms with E-state index in [0.717, 1.165) is 11.4 Å². The highest BCUT2D eigenvalue weighted by molar-refractivity contribution is 6.00. The minimum Gasteiger partial charge on any atom is -0.459 e. The number of benzene rings is 1.